The van der Waals surface area contributed by atoms with Crippen molar-refractivity contribution in [2.24, 2.45) is 0 Å². The molecule has 0 saturated carbocycles. The van der Waals surface area contributed by atoms with Crippen molar-refractivity contribution in [3.05, 3.63) is 53.4 Å². The summed E-state index contributed by atoms with van der Waals surface area (Å²) in [6.45, 7) is 3.52. The summed E-state index contributed by atoms with van der Waals surface area (Å²) in [6.07, 6.45) is 2.11. The zero-order valence-corrected chi connectivity index (χ0v) is 17.4. The van der Waals surface area contributed by atoms with Crippen LogP contribution < -0.4 is 0 Å². The van der Waals surface area contributed by atoms with Crippen LogP contribution >= 0.6 is 11.3 Å². The molecular weight excluding hydrogens is 394 g/mol. The molecule has 1 aromatic carbocycles. The second-order valence-electron chi connectivity index (χ2n) is 7.22. The molecule has 2 saturated heterocycles. The lowest BCUT2D eigenvalue weighted by Crippen LogP contribution is -2.52. The SMILES string of the molecule is O=C([C@@H](c1ccccc1)N1CCN(S(=O)(=O)c2cccs2)CC1)N1CCCC1. The summed E-state index contributed by atoms with van der Waals surface area (Å²) < 4.78 is 27.5. The smallest absolute Gasteiger partial charge is 0.252 e. The third-order valence-electron chi connectivity index (χ3n) is 5.49. The van der Waals surface area contributed by atoms with E-state index in [1.54, 1.807) is 17.5 Å². The molecule has 2 aliphatic heterocycles. The summed E-state index contributed by atoms with van der Waals surface area (Å²) in [5.74, 6) is 0.137. The van der Waals surface area contributed by atoms with Gasteiger partial charge in [-0.2, -0.15) is 4.31 Å². The van der Waals surface area contributed by atoms with Gasteiger partial charge in [0.05, 0.1) is 0 Å². The van der Waals surface area contributed by atoms with Crippen molar-refractivity contribution in [2.75, 3.05) is 39.3 Å². The second kappa shape index (κ2) is 8.32. The molecule has 1 amide bonds. The van der Waals surface area contributed by atoms with Gasteiger partial charge in [0.15, 0.2) is 0 Å². The van der Waals surface area contributed by atoms with Gasteiger partial charge in [-0.15, -0.1) is 11.3 Å². The number of hydrogen-bond donors (Lipinski definition) is 0. The molecule has 3 heterocycles. The Morgan fingerprint density at radius 3 is 2.18 bits per heavy atom. The van der Waals surface area contributed by atoms with Gasteiger partial charge in [-0.05, 0) is 29.9 Å². The van der Waals surface area contributed by atoms with Gasteiger partial charge in [-0.25, -0.2) is 8.42 Å². The van der Waals surface area contributed by atoms with Crippen LogP contribution in [0, 0.1) is 0 Å². The fourth-order valence-electron chi connectivity index (χ4n) is 3.99. The molecule has 4 rings (SSSR count). The predicted molar refractivity (Wildman–Crippen MR) is 110 cm³/mol. The molecule has 0 spiro atoms. The van der Waals surface area contributed by atoms with E-state index in [0.29, 0.717) is 30.4 Å². The molecule has 1 atom stereocenters. The molecule has 6 nitrogen and oxygen atoms in total. The van der Waals surface area contributed by atoms with Crippen molar-refractivity contribution in [1.82, 2.24) is 14.1 Å². The van der Waals surface area contributed by atoms with Gasteiger partial charge in [-0.1, -0.05) is 36.4 Å². The minimum absolute atomic E-state index is 0.137. The number of carbonyl (C=O) groups is 1. The van der Waals surface area contributed by atoms with Crippen LogP contribution in [0.15, 0.2) is 52.1 Å². The Labute approximate surface area is 170 Å². The van der Waals surface area contributed by atoms with Gasteiger partial charge < -0.3 is 4.90 Å². The number of piperazine rings is 1. The first kappa shape index (κ1) is 19.6. The summed E-state index contributed by atoms with van der Waals surface area (Å²) in [4.78, 5) is 17.4. The number of hydrogen-bond acceptors (Lipinski definition) is 5. The third-order valence-corrected chi connectivity index (χ3v) is 8.77. The number of amides is 1. The van der Waals surface area contributed by atoms with Crippen molar-refractivity contribution in [3.8, 4) is 0 Å². The monoisotopic (exact) mass is 419 g/mol. The van der Waals surface area contributed by atoms with E-state index in [0.717, 1.165) is 31.5 Å². The van der Waals surface area contributed by atoms with Crippen molar-refractivity contribution >= 4 is 27.3 Å². The van der Waals surface area contributed by atoms with Gasteiger partial charge in [0.25, 0.3) is 10.0 Å². The summed E-state index contributed by atoms with van der Waals surface area (Å²) in [5.41, 5.74) is 0.981. The molecule has 150 valence electrons. The summed E-state index contributed by atoms with van der Waals surface area (Å²) in [7, 11) is -3.44. The van der Waals surface area contributed by atoms with E-state index in [4.69, 9.17) is 0 Å². The van der Waals surface area contributed by atoms with Crippen LogP contribution in [0.3, 0.4) is 0 Å². The number of rotatable bonds is 5. The molecule has 28 heavy (non-hydrogen) atoms. The Morgan fingerprint density at radius 1 is 0.893 bits per heavy atom. The zero-order chi connectivity index (χ0) is 19.6. The van der Waals surface area contributed by atoms with Crippen LogP contribution in [-0.4, -0.2) is 67.7 Å². The van der Waals surface area contributed by atoms with E-state index in [9.17, 15) is 13.2 Å². The van der Waals surface area contributed by atoms with Gasteiger partial charge in [-0.3, -0.25) is 9.69 Å². The van der Waals surface area contributed by atoms with E-state index >= 15 is 0 Å². The molecule has 2 fully saturated rings. The van der Waals surface area contributed by atoms with Crippen LogP contribution in [0.4, 0.5) is 0 Å². The maximum Gasteiger partial charge on any atom is 0.252 e. The lowest BCUT2D eigenvalue weighted by molar-refractivity contribution is -0.136. The minimum atomic E-state index is -3.44. The predicted octanol–water partition coefficient (Wildman–Crippen LogP) is 2.42. The summed E-state index contributed by atoms with van der Waals surface area (Å²) in [6, 6.07) is 12.9. The molecule has 0 unspecified atom stereocenters. The molecule has 0 bridgehead atoms. The summed E-state index contributed by atoms with van der Waals surface area (Å²) in [5, 5.41) is 1.78. The first-order chi connectivity index (χ1) is 13.6. The first-order valence-electron chi connectivity index (χ1n) is 9.69. The zero-order valence-electron chi connectivity index (χ0n) is 15.7. The fraction of sp³-hybridized carbons (Fsp3) is 0.450. The number of carbonyl (C=O) groups excluding carboxylic acids is 1. The Balaban J connectivity index is 1.52. The molecule has 2 aromatic rings. The lowest BCUT2D eigenvalue weighted by Gasteiger charge is -2.39. The van der Waals surface area contributed by atoms with E-state index < -0.39 is 10.0 Å². The highest BCUT2D eigenvalue weighted by Crippen LogP contribution is 2.28. The lowest BCUT2D eigenvalue weighted by atomic mass is 10.0. The van der Waals surface area contributed by atoms with Gasteiger partial charge >= 0.3 is 0 Å². The van der Waals surface area contributed by atoms with Crippen LogP contribution in [0.2, 0.25) is 0 Å². The highest BCUT2D eigenvalue weighted by molar-refractivity contribution is 7.91. The largest absolute Gasteiger partial charge is 0.341 e. The van der Waals surface area contributed by atoms with E-state index in [-0.39, 0.29) is 11.9 Å². The quantitative estimate of drug-likeness (QED) is 0.747. The molecular formula is C20H25N3O3S2. The molecule has 8 heteroatoms. The third kappa shape index (κ3) is 3.87. The Morgan fingerprint density at radius 2 is 1.57 bits per heavy atom. The molecule has 0 aliphatic carbocycles. The number of nitrogens with zero attached hydrogens (tertiary/aromatic N) is 3. The highest BCUT2D eigenvalue weighted by Gasteiger charge is 2.36. The average Bonchev–Trinajstić information content (AvgIpc) is 3.44. The minimum Gasteiger partial charge on any atom is -0.341 e. The van der Waals surface area contributed by atoms with Crippen LogP contribution in [0.5, 0.6) is 0 Å². The van der Waals surface area contributed by atoms with E-state index in [2.05, 4.69) is 4.90 Å². The summed E-state index contributed by atoms with van der Waals surface area (Å²) >= 11 is 1.25. The number of likely N-dealkylation sites (tertiary alicyclic amines) is 1. The van der Waals surface area contributed by atoms with Gasteiger partial charge in [0, 0.05) is 39.3 Å². The maximum absolute atomic E-state index is 13.3. The molecule has 1 aromatic heterocycles. The number of sulfonamides is 1. The van der Waals surface area contributed by atoms with Gasteiger partial charge in [0.1, 0.15) is 10.3 Å². The number of benzene rings is 1. The normalized spacial score (nSPS) is 20.4. The van der Waals surface area contributed by atoms with Crippen LogP contribution in [-0.2, 0) is 14.8 Å². The Kier molecular flexibility index (Phi) is 5.82. The highest BCUT2D eigenvalue weighted by atomic mass is 32.2. The molecule has 2 aliphatic rings. The van der Waals surface area contributed by atoms with E-state index in [1.807, 2.05) is 35.2 Å². The van der Waals surface area contributed by atoms with Crippen molar-refractivity contribution in [2.45, 2.75) is 23.1 Å². The fourth-order valence-corrected chi connectivity index (χ4v) is 6.56. The Hall–Kier alpha value is -1.74. The Bertz CT molecular complexity index is 886. The second-order valence-corrected chi connectivity index (χ2v) is 10.3. The van der Waals surface area contributed by atoms with Gasteiger partial charge in [0.2, 0.25) is 5.91 Å². The number of thiophene rings is 1. The standard InChI is InChI=1S/C20H25N3O3S2/c24-20(22-10-4-5-11-22)19(17-7-2-1-3-8-17)21-12-14-23(15-13-21)28(25,26)18-9-6-16-27-18/h1-3,6-9,16,19H,4-5,10-15H2/t19-/m1/s1. The first-order valence-corrected chi connectivity index (χ1v) is 12.0. The molecule has 0 radical (unpaired) electrons. The average molecular weight is 420 g/mol. The van der Waals surface area contributed by atoms with Crippen LogP contribution in [0.25, 0.3) is 0 Å². The molecule has 0 N–H and O–H groups in total. The van der Waals surface area contributed by atoms with E-state index in [1.165, 1.54) is 15.6 Å². The van der Waals surface area contributed by atoms with Crippen molar-refractivity contribution < 1.29 is 13.2 Å². The van der Waals surface area contributed by atoms with Crippen molar-refractivity contribution in [3.63, 3.8) is 0 Å². The maximum atomic E-state index is 13.3. The van der Waals surface area contributed by atoms with Crippen molar-refractivity contribution in [1.29, 1.82) is 0 Å². The topological polar surface area (TPSA) is 60.9 Å². The van der Waals surface area contributed by atoms with Crippen LogP contribution in [0.1, 0.15) is 24.4 Å².